The standard InChI is InChI=1S/C23H22N2O5/c1-3-21-24-18-8-6-5-7-17(18)22(26)25(21)11-12-29-16-10-9-15-13-20(28-4-2)23(27)30-19(15)14-16/h5-10,13-14H,3-4,11-12H2,1-2H3. The average Bonchev–Trinajstić information content (AvgIpc) is 2.76. The molecule has 0 saturated heterocycles. The first-order valence-electron chi connectivity index (χ1n) is 9.92. The van der Waals surface area contributed by atoms with Crippen LogP contribution < -0.4 is 20.7 Å². The van der Waals surface area contributed by atoms with Gasteiger partial charge in [0.2, 0.25) is 5.75 Å². The van der Waals surface area contributed by atoms with Crippen LogP contribution in [0.2, 0.25) is 0 Å². The van der Waals surface area contributed by atoms with E-state index in [0.717, 1.165) is 11.2 Å². The Kier molecular flexibility index (Phi) is 5.52. The molecule has 0 aliphatic carbocycles. The average molecular weight is 406 g/mol. The van der Waals surface area contributed by atoms with Gasteiger partial charge in [0.1, 0.15) is 23.8 Å². The van der Waals surface area contributed by atoms with E-state index in [1.165, 1.54) is 0 Å². The summed E-state index contributed by atoms with van der Waals surface area (Å²) in [6, 6.07) is 14.2. The zero-order valence-electron chi connectivity index (χ0n) is 16.9. The number of aromatic nitrogens is 2. The lowest BCUT2D eigenvalue weighted by molar-refractivity contribution is 0.293. The van der Waals surface area contributed by atoms with E-state index in [2.05, 4.69) is 4.98 Å². The molecule has 0 radical (unpaired) electrons. The summed E-state index contributed by atoms with van der Waals surface area (Å²) in [6.07, 6.45) is 0.642. The third-order valence-corrected chi connectivity index (χ3v) is 4.82. The molecule has 2 aromatic carbocycles. The maximum absolute atomic E-state index is 12.9. The Morgan fingerprint density at radius 2 is 1.87 bits per heavy atom. The van der Waals surface area contributed by atoms with Crippen LogP contribution in [0.4, 0.5) is 0 Å². The van der Waals surface area contributed by atoms with Crippen LogP contribution >= 0.6 is 0 Å². The van der Waals surface area contributed by atoms with E-state index < -0.39 is 5.63 Å². The Hall–Kier alpha value is -3.61. The Morgan fingerprint density at radius 1 is 1.03 bits per heavy atom. The number of rotatable bonds is 7. The van der Waals surface area contributed by atoms with E-state index in [9.17, 15) is 9.59 Å². The molecule has 0 fully saturated rings. The largest absolute Gasteiger partial charge is 0.492 e. The Bertz CT molecular complexity index is 1320. The zero-order valence-corrected chi connectivity index (χ0v) is 16.9. The second-order valence-corrected chi connectivity index (χ2v) is 6.73. The third-order valence-electron chi connectivity index (χ3n) is 4.82. The molecule has 7 heteroatoms. The van der Waals surface area contributed by atoms with Crippen molar-refractivity contribution in [3.05, 3.63) is 75.1 Å². The number of hydrogen-bond acceptors (Lipinski definition) is 6. The second-order valence-electron chi connectivity index (χ2n) is 6.73. The highest BCUT2D eigenvalue weighted by atomic mass is 16.5. The van der Waals surface area contributed by atoms with Gasteiger partial charge >= 0.3 is 5.63 Å². The van der Waals surface area contributed by atoms with E-state index in [0.29, 0.717) is 41.8 Å². The first kappa shape index (κ1) is 19.7. The summed E-state index contributed by atoms with van der Waals surface area (Å²) >= 11 is 0. The Labute approximate surface area is 172 Å². The van der Waals surface area contributed by atoms with Crippen molar-refractivity contribution in [2.75, 3.05) is 13.2 Å². The lowest BCUT2D eigenvalue weighted by atomic mass is 10.2. The first-order valence-corrected chi connectivity index (χ1v) is 9.92. The van der Waals surface area contributed by atoms with E-state index in [4.69, 9.17) is 13.9 Å². The fourth-order valence-corrected chi connectivity index (χ4v) is 3.39. The third kappa shape index (κ3) is 3.78. The lowest BCUT2D eigenvalue weighted by Gasteiger charge is -2.13. The van der Waals surface area contributed by atoms with Gasteiger partial charge in [0.05, 0.1) is 24.1 Å². The van der Waals surface area contributed by atoms with Crippen molar-refractivity contribution >= 4 is 21.9 Å². The van der Waals surface area contributed by atoms with Gasteiger partial charge in [0.15, 0.2) is 0 Å². The van der Waals surface area contributed by atoms with E-state index in [1.807, 2.05) is 25.1 Å². The maximum atomic E-state index is 12.9. The zero-order chi connectivity index (χ0) is 21.1. The molecule has 0 unspecified atom stereocenters. The van der Waals surface area contributed by atoms with Gasteiger partial charge in [-0.15, -0.1) is 0 Å². The smallest absolute Gasteiger partial charge is 0.379 e. The summed E-state index contributed by atoms with van der Waals surface area (Å²) in [5.74, 6) is 1.46. The van der Waals surface area contributed by atoms with Gasteiger partial charge < -0.3 is 13.9 Å². The Morgan fingerprint density at radius 3 is 2.67 bits per heavy atom. The highest BCUT2D eigenvalue weighted by molar-refractivity contribution is 5.79. The van der Waals surface area contributed by atoms with Crippen LogP contribution in [0.15, 0.2) is 62.5 Å². The molecule has 0 bridgehead atoms. The van der Waals surface area contributed by atoms with Gasteiger partial charge in [0, 0.05) is 17.9 Å². The summed E-state index contributed by atoms with van der Waals surface area (Å²) in [5, 5.41) is 1.33. The molecular weight excluding hydrogens is 384 g/mol. The molecule has 2 aromatic heterocycles. The SMILES string of the molecule is CCOc1cc2ccc(OCCn3c(CC)nc4ccccc4c3=O)cc2oc1=O. The van der Waals surface area contributed by atoms with Crippen LogP contribution in [-0.2, 0) is 13.0 Å². The summed E-state index contributed by atoms with van der Waals surface area (Å²) in [5.41, 5.74) is 0.518. The summed E-state index contributed by atoms with van der Waals surface area (Å²) in [7, 11) is 0. The number of para-hydroxylation sites is 1. The predicted octanol–water partition coefficient (Wildman–Crippen LogP) is 3.54. The van der Waals surface area contributed by atoms with E-state index >= 15 is 0 Å². The topological polar surface area (TPSA) is 83.6 Å². The molecule has 2 heterocycles. The maximum Gasteiger partial charge on any atom is 0.379 e. The van der Waals surface area contributed by atoms with Gasteiger partial charge in [-0.2, -0.15) is 0 Å². The molecule has 0 spiro atoms. The monoisotopic (exact) mass is 406 g/mol. The second kappa shape index (κ2) is 8.41. The van der Waals surface area contributed by atoms with Gasteiger partial charge in [-0.3, -0.25) is 9.36 Å². The predicted molar refractivity (Wildman–Crippen MR) is 115 cm³/mol. The van der Waals surface area contributed by atoms with Crippen LogP contribution in [0, 0.1) is 0 Å². The number of nitrogens with zero attached hydrogens (tertiary/aromatic N) is 2. The van der Waals surface area contributed by atoms with Crippen molar-refractivity contribution in [3.8, 4) is 11.5 Å². The van der Waals surface area contributed by atoms with Crippen molar-refractivity contribution in [1.82, 2.24) is 9.55 Å². The molecule has 0 atom stereocenters. The fourth-order valence-electron chi connectivity index (χ4n) is 3.39. The van der Waals surface area contributed by atoms with E-state index in [1.54, 1.807) is 41.8 Å². The summed E-state index contributed by atoms with van der Waals surface area (Å²) in [4.78, 5) is 29.4. The minimum Gasteiger partial charge on any atom is -0.492 e. The van der Waals surface area contributed by atoms with Gasteiger partial charge in [-0.1, -0.05) is 19.1 Å². The molecular formula is C23H22N2O5. The highest BCUT2D eigenvalue weighted by Gasteiger charge is 2.10. The van der Waals surface area contributed by atoms with Gasteiger partial charge in [0.25, 0.3) is 5.56 Å². The van der Waals surface area contributed by atoms with Crippen molar-refractivity contribution in [2.24, 2.45) is 0 Å². The van der Waals surface area contributed by atoms with Gasteiger partial charge in [-0.25, -0.2) is 9.78 Å². The van der Waals surface area contributed by atoms with Gasteiger partial charge in [-0.05, 0) is 37.3 Å². The van der Waals surface area contributed by atoms with Crippen molar-refractivity contribution in [3.63, 3.8) is 0 Å². The first-order chi connectivity index (χ1) is 14.6. The molecule has 4 rings (SSSR count). The van der Waals surface area contributed by atoms with Crippen LogP contribution in [0.3, 0.4) is 0 Å². The molecule has 7 nitrogen and oxygen atoms in total. The molecule has 0 amide bonds. The van der Waals surface area contributed by atoms with Crippen LogP contribution in [-0.4, -0.2) is 22.8 Å². The normalized spacial score (nSPS) is 11.1. The quantitative estimate of drug-likeness (QED) is 0.437. The minimum absolute atomic E-state index is 0.0750. The van der Waals surface area contributed by atoms with Crippen molar-refractivity contribution < 1.29 is 13.9 Å². The Balaban J connectivity index is 1.55. The lowest BCUT2D eigenvalue weighted by Crippen LogP contribution is -2.27. The molecule has 0 saturated carbocycles. The van der Waals surface area contributed by atoms with Crippen LogP contribution in [0.1, 0.15) is 19.7 Å². The highest BCUT2D eigenvalue weighted by Crippen LogP contribution is 2.22. The van der Waals surface area contributed by atoms with Crippen molar-refractivity contribution in [1.29, 1.82) is 0 Å². The molecule has 4 aromatic rings. The van der Waals surface area contributed by atoms with E-state index in [-0.39, 0.29) is 17.9 Å². The minimum atomic E-state index is -0.525. The summed E-state index contributed by atoms with van der Waals surface area (Å²) in [6.45, 7) is 4.81. The number of ether oxygens (including phenoxy) is 2. The number of benzene rings is 2. The number of aryl methyl sites for hydroxylation is 1. The van der Waals surface area contributed by atoms with Crippen LogP contribution in [0.5, 0.6) is 11.5 Å². The molecule has 0 aliphatic heterocycles. The molecule has 30 heavy (non-hydrogen) atoms. The molecule has 0 N–H and O–H groups in total. The molecule has 0 aliphatic rings. The van der Waals surface area contributed by atoms with Crippen LogP contribution in [0.25, 0.3) is 21.9 Å². The number of hydrogen-bond donors (Lipinski definition) is 0. The van der Waals surface area contributed by atoms with Crippen molar-refractivity contribution in [2.45, 2.75) is 26.8 Å². The number of fused-ring (bicyclic) bond motifs is 2. The fraction of sp³-hybridized carbons (Fsp3) is 0.261. The summed E-state index contributed by atoms with van der Waals surface area (Å²) < 4.78 is 18.1. The molecule has 154 valence electrons.